The first-order valence-electron chi connectivity index (χ1n) is 3.10. The Kier molecular flexibility index (Phi) is 2.99. The predicted octanol–water partition coefficient (Wildman–Crippen LogP) is 1.11. The third-order valence-corrected chi connectivity index (χ3v) is 1.09. The van der Waals surface area contributed by atoms with Crippen molar-refractivity contribution in [3.8, 4) is 5.75 Å². The molecule has 0 amide bonds. The monoisotopic (exact) mass is 151 g/mol. The standard InChI is InChI=1S/C8H7O3/c9-6-10-7-11-8-4-2-1-3-5-8/h1-5H,7H2. The lowest BCUT2D eigenvalue weighted by atomic mass is 10.3. The van der Waals surface area contributed by atoms with Crippen LogP contribution in [0.4, 0.5) is 0 Å². The SMILES string of the molecule is O=[C]OCOc1ccccc1. The fourth-order valence-corrected chi connectivity index (χ4v) is 0.638. The van der Waals surface area contributed by atoms with Gasteiger partial charge in [0.15, 0.2) is 0 Å². The van der Waals surface area contributed by atoms with Crippen molar-refractivity contribution in [3.05, 3.63) is 30.3 Å². The highest BCUT2D eigenvalue weighted by molar-refractivity contribution is 5.37. The van der Waals surface area contributed by atoms with E-state index in [0.29, 0.717) is 5.75 Å². The summed E-state index contributed by atoms with van der Waals surface area (Å²) >= 11 is 0. The van der Waals surface area contributed by atoms with Crippen LogP contribution in [0.5, 0.6) is 5.75 Å². The lowest BCUT2D eigenvalue weighted by molar-refractivity contribution is 0.104. The molecule has 1 radical (unpaired) electrons. The molecule has 0 aliphatic heterocycles. The van der Waals surface area contributed by atoms with Gasteiger partial charge >= 0.3 is 6.47 Å². The predicted molar refractivity (Wildman–Crippen MR) is 38.7 cm³/mol. The number of rotatable bonds is 4. The Morgan fingerprint density at radius 2 is 2.00 bits per heavy atom. The summed E-state index contributed by atoms with van der Waals surface area (Å²) in [6.45, 7) is 1.17. The van der Waals surface area contributed by atoms with Gasteiger partial charge in [0.25, 0.3) is 0 Å². The fraction of sp³-hybridized carbons (Fsp3) is 0.125. The van der Waals surface area contributed by atoms with Crippen LogP contribution in [0.2, 0.25) is 0 Å². The maximum atomic E-state index is 9.57. The van der Waals surface area contributed by atoms with Gasteiger partial charge in [-0.2, -0.15) is 0 Å². The summed E-state index contributed by atoms with van der Waals surface area (Å²) in [6.07, 6.45) is 0. The van der Waals surface area contributed by atoms with Crippen molar-refractivity contribution in [2.75, 3.05) is 6.79 Å². The van der Waals surface area contributed by atoms with E-state index < -0.39 is 0 Å². The molecule has 3 heteroatoms. The van der Waals surface area contributed by atoms with Gasteiger partial charge in [0, 0.05) is 0 Å². The highest BCUT2D eigenvalue weighted by Crippen LogP contribution is 2.07. The maximum Gasteiger partial charge on any atom is 0.420 e. The van der Waals surface area contributed by atoms with Crippen LogP contribution >= 0.6 is 0 Å². The third-order valence-electron chi connectivity index (χ3n) is 1.09. The smallest absolute Gasteiger partial charge is 0.420 e. The zero-order valence-electron chi connectivity index (χ0n) is 5.82. The van der Waals surface area contributed by atoms with Crippen LogP contribution in [0, 0.1) is 0 Å². The van der Waals surface area contributed by atoms with E-state index in [1.165, 1.54) is 6.47 Å². The molecule has 0 aliphatic rings. The Hall–Kier alpha value is -1.51. The largest absolute Gasteiger partial charge is 0.457 e. The Balaban J connectivity index is 2.33. The molecule has 1 aromatic carbocycles. The second kappa shape index (κ2) is 4.33. The molecular formula is C8H7O3. The molecule has 0 saturated heterocycles. The number of hydrogen-bond donors (Lipinski definition) is 0. The van der Waals surface area contributed by atoms with Crippen LogP contribution in [0.1, 0.15) is 0 Å². The van der Waals surface area contributed by atoms with Gasteiger partial charge in [0.1, 0.15) is 5.75 Å². The van der Waals surface area contributed by atoms with E-state index in [1.54, 1.807) is 12.1 Å². The van der Waals surface area contributed by atoms with Crippen molar-refractivity contribution in [2.24, 2.45) is 0 Å². The van der Waals surface area contributed by atoms with Crippen LogP contribution in [-0.2, 0) is 9.53 Å². The second-order valence-electron chi connectivity index (χ2n) is 1.80. The van der Waals surface area contributed by atoms with Crippen LogP contribution in [0.25, 0.3) is 0 Å². The number of carbonyl (C=O) groups excluding carboxylic acids is 1. The molecule has 0 aromatic heterocycles. The average molecular weight is 151 g/mol. The molecule has 0 spiro atoms. The Bertz CT molecular complexity index is 208. The van der Waals surface area contributed by atoms with Gasteiger partial charge in [0.05, 0.1) is 0 Å². The molecule has 0 heterocycles. The number of ether oxygens (including phenoxy) is 2. The minimum atomic E-state index is -0.0898. The van der Waals surface area contributed by atoms with Crippen molar-refractivity contribution in [3.63, 3.8) is 0 Å². The minimum absolute atomic E-state index is 0.0898. The summed E-state index contributed by atoms with van der Waals surface area (Å²) in [7, 11) is 0. The summed E-state index contributed by atoms with van der Waals surface area (Å²) in [5.41, 5.74) is 0. The van der Waals surface area contributed by atoms with Crippen molar-refractivity contribution in [1.29, 1.82) is 0 Å². The average Bonchev–Trinajstić information content (AvgIpc) is 2.07. The van der Waals surface area contributed by atoms with E-state index >= 15 is 0 Å². The van der Waals surface area contributed by atoms with Crippen LogP contribution in [0.3, 0.4) is 0 Å². The van der Waals surface area contributed by atoms with E-state index in [4.69, 9.17) is 4.74 Å². The third kappa shape index (κ3) is 2.71. The summed E-state index contributed by atoms with van der Waals surface area (Å²) < 4.78 is 9.17. The molecule has 0 N–H and O–H groups in total. The lowest BCUT2D eigenvalue weighted by Gasteiger charge is -2.01. The molecule has 1 aromatic rings. The lowest BCUT2D eigenvalue weighted by Crippen LogP contribution is -2.00. The van der Waals surface area contributed by atoms with Crippen molar-refractivity contribution in [2.45, 2.75) is 0 Å². The van der Waals surface area contributed by atoms with E-state index in [9.17, 15) is 4.79 Å². The quantitative estimate of drug-likeness (QED) is 0.477. The van der Waals surface area contributed by atoms with Gasteiger partial charge < -0.3 is 9.47 Å². The second-order valence-corrected chi connectivity index (χ2v) is 1.80. The molecule has 3 nitrogen and oxygen atoms in total. The molecule has 0 unspecified atom stereocenters. The Morgan fingerprint density at radius 3 is 2.64 bits per heavy atom. The number of hydrogen-bond acceptors (Lipinski definition) is 3. The van der Waals surface area contributed by atoms with Gasteiger partial charge in [-0.25, -0.2) is 4.79 Å². The molecule has 11 heavy (non-hydrogen) atoms. The van der Waals surface area contributed by atoms with Gasteiger partial charge in [-0.05, 0) is 12.1 Å². The summed E-state index contributed by atoms with van der Waals surface area (Å²) in [6, 6.07) is 9.09. The zero-order valence-corrected chi connectivity index (χ0v) is 5.82. The molecule has 0 saturated carbocycles. The molecule has 57 valence electrons. The van der Waals surface area contributed by atoms with Crippen molar-refractivity contribution < 1.29 is 14.3 Å². The first-order chi connectivity index (χ1) is 5.43. The summed E-state index contributed by atoms with van der Waals surface area (Å²) in [4.78, 5) is 9.57. The van der Waals surface area contributed by atoms with Crippen LogP contribution in [0.15, 0.2) is 30.3 Å². The molecule has 0 fully saturated rings. The molecule has 0 bridgehead atoms. The Labute approximate surface area is 64.5 Å². The van der Waals surface area contributed by atoms with E-state index in [0.717, 1.165) is 0 Å². The van der Waals surface area contributed by atoms with E-state index in [2.05, 4.69) is 4.74 Å². The van der Waals surface area contributed by atoms with E-state index in [-0.39, 0.29) is 6.79 Å². The maximum absolute atomic E-state index is 9.57. The van der Waals surface area contributed by atoms with Gasteiger partial charge in [0.2, 0.25) is 6.79 Å². The van der Waals surface area contributed by atoms with Gasteiger partial charge in [-0.3, -0.25) is 0 Å². The topological polar surface area (TPSA) is 35.5 Å². The molecule has 1 rings (SSSR count). The van der Waals surface area contributed by atoms with Gasteiger partial charge in [-0.1, -0.05) is 18.2 Å². The van der Waals surface area contributed by atoms with Crippen molar-refractivity contribution in [1.82, 2.24) is 0 Å². The van der Waals surface area contributed by atoms with Crippen molar-refractivity contribution >= 4 is 6.47 Å². The summed E-state index contributed by atoms with van der Waals surface area (Å²) in [5.74, 6) is 0.669. The van der Waals surface area contributed by atoms with Crippen LogP contribution in [-0.4, -0.2) is 13.3 Å². The molecule has 0 atom stereocenters. The summed E-state index contributed by atoms with van der Waals surface area (Å²) in [5, 5.41) is 0. The number of benzene rings is 1. The zero-order chi connectivity index (χ0) is 7.94. The first kappa shape index (κ1) is 7.60. The fourth-order valence-electron chi connectivity index (χ4n) is 0.638. The van der Waals surface area contributed by atoms with Gasteiger partial charge in [-0.15, -0.1) is 0 Å². The molecule has 0 aliphatic carbocycles. The molecular weight excluding hydrogens is 144 g/mol. The number of para-hydroxylation sites is 1. The normalized spacial score (nSPS) is 8.73. The first-order valence-corrected chi connectivity index (χ1v) is 3.10. The Morgan fingerprint density at radius 1 is 1.27 bits per heavy atom. The highest BCUT2D eigenvalue weighted by atomic mass is 16.7. The van der Waals surface area contributed by atoms with E-state index in [1.807, 2.05) is 18.2 Å². The highest BCUT2D eigenvalue weighted by Gasteiger charge is 1.88. The minimum Gasteiger partial charge on any atom is -0.457 e. The van der Waals surface area contributed by atoms with Crippen LogP contribution < -0.4 is 4.74 Å².